The van der Waals surface area contributed by atoms with Gasteiger partial charge in [0, 0.05) is 5.56 Å². The Hall–Kier alpha value is -2.46. The van der Waals surface area contributed by atoms with Gasteiger partial charge in [0.15, 0.2) is 37.0 Å². The third-order valence-electron chi connectivity index (χ3n) is 5.43. The van der Waals surface area contributed by atoms with Crippen LogP contribution in [0, 0.1) is 5.21 Å². The number of rotatable bonds is 6. The molecule has 0 aliphatic carbocycles. The molecular formula is C23H24F3NO5. The first kappa shape index (κ1) is 22.7. The highest BCUT2D eigenvalue weighted by Gasteiger charge is 2.76. The quantitative estimate of drug-likeness (QED) is 0.286. The molecule has 2 heterocycles. The van der Waals surface area contributed by atoms with Gasteiger partial charge >= 0.3 is 6.18 Å². The van der Waals surface area contributed by atoms with E-state index in [0.29, 0.717) is 15.9 Å². The van der Waals surface area contributed by atoms with Gasteiger partial charge in [0.2, 0.25) is 5.60 Å². The van der Waals surface area contributed by atoms with Crippen molar-refractivity contribution in [2.24, 2.45) is 0 Å². The highest BCUT2D eigenvalue weighted by molar-refractivity contribution is 5.62. The minimum Gasteiger partial charge on any atom is -0.624 e. The van der Waals surface area contributed by atoms with Crippen molar-refractivity contribution in [2.75, 3.05) is 0 Å². The highest BCUT2D eigenvalue weighted by Crippen LogP contribution is 2.52. The zero-order chi connectivity index (χ0) is 23.0. The molecule has 2 aromatic carbocycles. The van der Waals surface area contributed by atoms with Crippen LogP contribution in [0.3, 0.4) is 0 Å². The van der Waals surface area contributed by atoms with Gasteiger partial charge in [-0.15, -0.1) is 0 Å². The van der Waals surface area contributed by atoms with Crippen LogP contribution in [0.4, 0.5) is 13.2 Å². The zero-order valence-electron chi connectivity index (χ0n) is 17.6. The van der Waals surface area contributed by atoms with Crippen LogP contribution in [-0.4, -0.2) is 47.0 Å². The number of benzene rings is 2. The lowest BCUT2D eigenvalue weighted by Crippen LogP contribution is -2.62. The SMILES string of the molecule is CC1(C)O[C@H]2O[C@H](/C=[N+](\[O-])Cc3ccccc3)[C@@](OCc3ccccc3)(C(F)(F)F)[C@H]2O1. The van der Waals surface area contributed by atoms with Crippen LogP contribution in [0.15, 0.2) is 60.7 Å². The first-order valence-corrected chi connectivity index (χ1v) is 10.2. The summed E-state index contributed by atoms with van der Waals surface area (Å²) in [5.74, 6) is -1.30. The van der Waals surface area contributed by atoms with E-state index in [0.717, 1.165) is 6.21 Å². The molecule has 2 aliphatic rings. The van der Waals surface area contributed by atoms with Crippen molar-refractivity contribution in [2.45, 2.75) is 63.1 Å². The van der Waals surface area contributed by atoms with Crippen LogP contribution < -0.4 is 0 Å². The van der Waals surface area contributed by atoms with E-state index in [9.17, 15) is 18.4 Å². The van der Waals surface area contributed by atoms with Gasteiger partial charge in [-0.3, -0.25) is 0 Å². The largest absolute Gasteiger partial charge is 0.624 e. The number of fused-ring (bicyclic) bond motifs is 1. The molecule has 0 N–H and O–H groups in total. The first-order valence-electron chi connectivity index (χ1n) is 10.2. The molecule has 0 saturated carbocycles. The fraction of sp³-hybridized carbons (Fsp3) is 0.435. The summed E-state index contributed by atoms with van der Waals surface area (Å²) < 4.78 is 66.7. The number of hydrogen-bond acceptors (Lipinski definition) is 5. The molecule has 0 bridgehead atoms. The molecular weight excluding hydrogens is 427 g/mol. The van der Waals surface area contributed by atoms with E-state index in [1.54, 1.807) is 60.7 Å². The maximum absolute atomic E-state index is 14.7. The molecule has 2 aromatic rings. The number of hydroxylamine groups is 1. The Morgan fingerprint density at radius 2 is 1.59 bits per heavy atom. The second-order valence-corrected chi connectivity index (χ2v) is 8.26. The predicted molar refractivity (Wildman–Crippen MR) is 109 cm³/mol. The molecule has 6 nitrogen and oxygen atoms in total. The Balaban J connectivity index is 1.69. The summed E-state index contributed by atoms with van der Waals surface area (Å²) in [6.45, 7) is 2.51. The maximum atomic E-state index is 14.7. The summed E-state index contributed by atoms with van der Waals surface area (Å²) in [7, 11) is 0. The van der Waals surface area contributed by atoms with Gasteiger partial charge in [-0.1, -0.05) is 60.7 Å². The molecule has 32 heavy (non-hydrogen) atoms. The van der Waals surface area contributed by atoms with E-state index in [1.807, 2.05) is 0 Å². The van der Waals surface area contributed by atoms with Crippen molar-refractivity contribution in [1.82, 2.24) is 0 Å². The van der Waals surface area contributed by atoms with E-state index in [2.05, 4.69) is 0 Å². The van der Waals surface area contributed by atoms with Gasteiger partial charge in [-0.05, 0) is 19.4 Å². The fourth-order valence-corrected chi connectivity index (χ4v) is 3.99. The van der Waals surface area contributed by atoms with Crippen LogP contribution >= 0.6 is 0 Å². The number of hydrogen-bond donors (Lipinski definition) is 0. The Labute approximate surface area is 183 Å². The van der Waals surface area contributed by atoms with Gasteiger partial charge < -0.3 is 24.2 Å². The van der Waals surface area contributed by atoms with Gasteiger partial charge in [-0.25, -0.2) is 4.74 Å². The van der Waals surface area contributed by atoms with Crippen molar-refractivity contribution in [3.05, 3.63) is 77.0 Å². The summed E-state index contributed by atoms with van der Waals surface area (Å²) in [6, 6.07) is 17.2. The number of ether oxygens (including phenoxy) is 4. The van der Waals surface area contributed by atoms with Crippen molar-refractivity contribution in [3.8, 4) is 0 Å². The first-order chi connectivity index (χ1) is 15.1. The van der Waals surface area contributed by atoms with E-state index in [-0.39, 0.29) is 13.2 Å². The van der Waals surface area contributed by atoms with Crippen LogP contribution in [0.25, 0.3) is 0 Å². The van der Waals surface area contributed by atoms with Gasteiger partial charge in [0.05, 0.1) is 6.61 Å². The summed E-state index contributed by atoms with van der Waals surface area (Å²) in [4.78, 5) is 0. The minimum absolute atomic E-state index is 0.143. The average molecular weight is 451 g/mol. The van der Waals surface area contributed by atoms with Crippen LogP contribution in [-0.2, 0) is 32.1 Å². The average Bonchev–Trinajstić information content (AvgIpc) is 3.17. The summed E-state index contributed by atoms with van der Waals surface area (Å²) >= 11 is 0. The van der Waals surface area contributed by atoms with Gasteiger partial charge in [0.1, 0.15) is 0 Å². The molecule has 0 radical (unpaired) electrons. The lowest BCUT2D eigenvalue weighted by atomic mass is 9.91. The lowest BCUT2D eigenvalue weighted by Gasteiger charge is -2.37. The molecule has 172 valence electrons. The Kier molecular flexibility index (Phi) is 6.02. The van der Waals surface area contributed by atoms with Crippen LogP contribution in [0.1, 0.15) is 25.0 Å². The lowest BCUT2D eigenvalue weighted by molar-refractivity contribution is -0.475. The number of nitrogens with zero attached hydrogens (tertiary/aromatic N) is 1. The molecule has 0 spiro atoms. The normalized spacial score (nSPS) is 29.8. The zero-order valence-corrected chi connectivity index (χ0v) is 17.6. The molecule has 2 aliphatic heterocycles. The molecule has 0 aromatic heterocycles. The molecule has 4 rings (SSSR count). The minimum atomic E-state index is -4.92. The second kappa shape index (κ2) is 8.47. The smallest absolute Gasteiger partial charge is 0.423 e. The third-order valence-corrected chi connectivity index (χ3v) is 5.43. The Bertz CT molecular complexity index is 951. The van der Waals surface area contributed by atoms with E-state index < -0.39 is 36.1 Å². The van der Waals surface area contributed by atoms with Crippen LogP contribution in [0.5, 0.6) is 0 Å². The van der Waals surface area contributed by atoms with Gasteiger partial charge in [0.25, 0.3) is 0 Å². The number of halogens is 3. The summed E-state index contributed by atoms with van der Waals surface area (Å²) in [5.41, 5.74) is -1.74. The fourth-order valence-electron chi connectivity index (χ4n) is 3.99. The van der Waals surface area contributed by atoms with E-state index in [4.69, 9.17) is 18.9 Å². The van der Waals surface area contributed by atoms with E-state index in [1.165, 1.54) is 13.8 Å². The maximum Gasteiger partial charge on any atom is 0.423 e. The summed E-state index contributed by atoms with van der Waals surface area (Å²) in [5, 5.41) is 12.6. The standard InChI is InChI=1S/C23H24F3NO5/c1-21(2)31-19-20(32-21)30-18(14-27(28)13-16-9-5-3-6-10-16)22(19,23(24,25)26)29-15-17-11-7-4-8-12-17/h3-12,14,18-20H,13,15H2,1-2H3/b27-14-/t18-,19+,20-,22+/m1/s1. The van der Waals surface area contributed by atoms with Crippen molar-refractivity contribution in [3.63, 3.8) is 0 Å². The molecule has 0 unspecified atom stereocenters. The van der Waals surface area contributed by atoms with Crippen molar-refractivity contribution in [1.29, 1.82) is 0 Å². The summed E-state index contributed by atoms with van der Waals surface area (Å²) in [6.07, 6.45) is -8.77. The van der Waals surface area contributed by atoms with Crippen molar-refractivity contribution < 1.29 is 36.9 Å². The monoisotopic (exact) mass is 451 g/mol. The molecule has 0 amide bonds. The molecule has 4 atom stereocenters. The topological polar surface area (TPSA) is 63.0 Å². The third kappa shape index (κ3) is 4.38. The van der Waals surface area contributed by atoms with Crippen molar-refractivity contribution >= 4 is 6.21 Å². The molecule has 2 saturated heterocycles. The molecule has 2 fully saturated rings. The predicted octanol–water partition coefficient (Wildman–Crippen LogP) is 4.16. The second-order valence-electron chi connectivity index (χ2n) is 8.26. The Morgan fingerprint density at radius 3 is 2.19 bits per heavy atom. The number of alkyl halides is 3. The van der Waals surface area contributed by atoms with Crippen LogP contribution in [0.2, 0.25) is 0 Å². The molecule has 9 heteroatoms. The highest BCUT2D eigenvalue weighted by atomic mass is 19.4. The van der Waals surface area contributed by atoms with E-state index >= 15 is 0 Å². The van der Waals surface area contributed by atoms with Gasteiger partial charge in [-0.2, -0.15) is 13.2 Å². The Morgan fingerprint density at radius 1 is 1.00 bits per heavy atom.